The van der Waals surface area contributed by atoms with E-state index in [-0.39, 0.29) is 5.82 Å². The zero-order chi connectivity index (χ0) is 17.9. The fraction of sp³-hybridized carbons (Fsp3) is 0.0909. The van der Waals surface area contributed by atoms with Gasteiger partial charge in [-0.3, -0.25) is 0 Å². The molecule has 1 heterocycles. The molecule has 0 aliphatic heterocycles. The van der Waals surface area contributed by atoms with Crippen molar-refractivity contribution >= 4 is 0 Å². The van der Waals surface area contributed by atoms with Crippen molar-refractivity contribution < 1.29 is 8.91 Å². The summed E-state index contributed by atoms with van der Waals surface area (Å²) in [5.74, 6) is 0.481. The molecule has 0 bridgehead atoms. The monoisotopic (exact) mass is 344 g/mol. The lowest BCUT2D eigenvalue weighted by Gasteiger charge is -2.04. The summed E-state index contributed by atoms with van der Waals surface area (Å²) >= 11 is 0. The number of rotatable bonds is 4. The van der Waals surface area contributed by atoms with Gasteiger partial charge in [0.2, 0.25) is 5.82 Å². The van der Waals surface area contributed by atoms with E-state index in [4.69, 9.17) is 4.52 Å². The number of aryl methyl sites for hydroxylation is 1. The molecule has 0 amide bonds. The van der Waals surface area contributed by atoms with Gasteiger partial charge in [-0.15, -0.1) is 0 Å². The Bertz CT molecular complexity index is 1020. The summed E-state index contributed by atoms with van der Waals surface area (Å²) in [7, 11) is 0. The first-order chi connectivity index (χ1) is 12.7. The van der Waals surface area contributed by atoms with Crippen molar-refractivity contribution in [2.24, 2.45) is 0 Å². The molecule has 0 aliphatic rings. The first-order valence-corrected chi connectivity index (χ1v) is 8.53. The average Bonchev–Trinajstić information content (AvgIpc) is 3.19. The van der Waals surface area contributed by atoms with E-state index in [1.54, 1.807) is 12.1 Å². The van der Waals surface area contributed by atoms with E-state index in [1.165, 1.54) is 11.6 Å². The topological polar surface area (TPSA) is 38.9 Å². The van der Waals surface area contributed by atoms with Crippen LogP contribution in [0.1, 0.15) is 12.5 Å². The van der Waals surface area contributed by atoms with Crippen LogP contribution >= 0.6 is 0 Å². The van der Waals surface area contributed by atoms with Crippen LogP contribution in [0, 0.1) is 5.82 Å². The zero-order valence-corrected chi connectivity index (χ0v) is 14.3. The van der Waals surface area contributed by atoms with Crippen molar-refractivity contribution in [1.82, 2.24) is 10.1 Å². The van der Waals surface area contributed by atoms with Gasteiger partial charge in [-0.2, -0.15) is 4.98 Å². The van der Waals surface area contributed by atoms with Gasteiger partial charge in [0.25, 0.3) is 5.89 Å². The van der Waals surface area contributed by atoms with Gasteiger partial charge in [-0.25, -0.2) is 4.39 Å². The maximum absolute atomic E-state index is 14.5. The molecule has 1 aromatic heterocycles. The minimum atomic E-state index is -0.319. The summed E-state index contributed by atoms with van der Waals surface area (Å²) < 4.78 is 19.9. The van der Waals surface area contributed by atoms with E-state index < -0.39 is 0 Å². The molecule has 0 atom stereocenters. The second kappa shape index (κ2) is 6.92. The van der Waals surface area contributed by atoms with Gasteiger partial charge in [0.15, 0.2) is 0 Å². The van der Waals surface area contributed by atoms with Crippen LogP contribution in [0.4, 0.5) is 4.39 Å². The van der Waals surface area contributed by atoms with E-state index in [1.807, 2.05) is 54.6 Å². The van der Waals surface area contributed by atoms with Crippen LogP contribution in [0.5, 0.6) is 0 Å². The summed E-state index contributed by atoms with van der Waals surface area (Å²) in [5.41, 5.74) is 4.06. The summed E-state index contributed by atoms with van der Waals surface area (Å²) in [5, 5.41) is 4.02. The third-order valence-electron chi connectivity index (χ3n) is 4.35. The molecule has 4 rings (SSSR count). The Labute approximate surface area is 151 Å². The number of hydrogen-bond donors (Lipinski definition) is 0. The largest absolute Gasteiger partial charge is 0.334 e. The number of nitrogens with zero attached hydrogens (tertiary/aromatic N) is 2. The predicted molar refractivity (Wildman–Crippen MR) is 99.9 cm³/mol. The maximum Gasteiger partial charge on any atom is 0.258 e. The standard InChI is InChI=1S/C22H17FN2O/c1-2-15-8-10-17(11-9-15)21-24-22(26-25-21)18-12-13-19(20(23)14-18)16-6-4-3-5-7-16/h3-14H,2H2,1H3. The van der Waals surface area contributed by atoms with Gasteiger partial charge >= 0.3 is 0 Å². The van der Waals surface area contributed by atoms with Gasteiger partial charge in [-0.05, 0) is 29.7 Å². The van der Waals surface area contributed by atoms with Gasteiger partial charge in [0.1, 0.15) is 5.82 Å². The fourth-order valence-corrected chi connectivity index (χ4v) is 2.85. The van der Waals surface area contributed by atoms with E-state index in [0.717, 1.165) is 17.5 Å². The summed E-state index contributed by atoms with van der Waals surface area (Å²) in [6.07, 6.45) is 0.977. The van der Waals surface area contributed by atoms with Crippen LogP contribution in [0.3, 0.4) is 0 Å². The Morgan fingerprint density at radius 1 is 0.846 bits per heavy atom. The van der Waals surface area contributed by atoms with Crippen molar-refractivity contribution in [1.29, 1.82) is 0 Å². The Hall–Kier alpha value is -3.27. The second-order valence-corrected chi connectivity index (χ2v) is 6.03. The molecular formula is C22H17FN2O. The van der Waals surface area contributed by atoms with Gasteiger partial charge in [-0.1, -0.05) is 72.7 Å². The van der Waals surface area contributed by atoms with Crippen molar-refractivity contribution in [3.05, 3.63) is 84.2 Å². The van der Waals surface area contributed by atoms with Crippen molar-refractivity contribution in [2.75, 3.05) is 0 Å². The third-order valence-corrected chi connectivity index (χ3v) is 4.35. The highest BCUT2D eigenvalue weighted by molar-refractivity contribution is 5.68. The van der Waals surface area contributed by atoms with E-state index in [9.17, 15) is 4.39 Å². The van der Waals surface area contributed by atoms with Crippen LogP contribution in [-0.4, -0.2) is 10.1 Å². The number of benzene rings is 3. The first kappa shape index (κ1) is 16.2. The molecule has 128 valence electrons. The molecule has 0 saturated carbocycles. The molecule has 0 unspecified atom stereocenters. The second-order valence-electron chi connectivity index (χ2n) is 6.03. The molecule has 4 heteroatoms. The SMILES string of the molecule is CCc1ccc(-c2noc(-c3ccc(-c4ccccc4)c(F)c3)n2)cc1. The molecule has 0 fully saturated rings. The lowest BCUT2D eigenvalue weighted by Crippen LogP contribution is -1.87. The van der Waals surface area contributed by atoms with Crippen LogP contribution in [-0.2, 0) is 6.42 Å². The molecule has 0 radical (unpaired) electrons. The van der Waals surface area contributed by atoms with E-state index in [2.05, 4.69) is 17.1 Å². The van der Waals surface area contributed by atoms with Gasteiger partial charge in [0.05, 0.1) is 0 Å². The lowest BCUT2D eigenvalue weighted by molar-refractivity contribution is 0.432. The number of hydrogen-bond acceptors (Lipinski definition) is 3. The molecule has 0 spiro atoms. The fourth-order valence-electron chi connectivity index (χ4n) is 2.85. The van der Waals surface area contributed by atoms with Crippen LogP contribution in [0.2, 0.25) is 0 Å². The molecule has 26 heavy (non-hydrogen) atoms. The first-order valence-electron chi connectivity index (χ1n) is 8.53. The predicted octanol–water partition coefficient (Wildman–Crippen LogP) is 5.77. The highest BCUT2D eigenvalue weighted by Gasteiger charge is 2.13. The minimum Gasteiger partial charge on any atom is -0.334 e. The smallest absolute Gasteiger partial charge is 0.258 e. The summed E-state index contributed by atoms with van der Waals surface area (Å²) in [4.78, 5) is 4.41. The molecule has 0 N–H and O–H groups in total. The van der Waals surface area contributed by atoms with Gasteiger partial charge in [0, 0.05) is 16.7 Å². The minimum absolute atomic E-state index is 0.304. The van der Waals surface area contributed by atoms with Crippen LogP contribution in [0.25, 0.3) is 34.0 Å². The quantitative estimate of drug-likeness (QED) is 0.471. The Balaban J connectivity index is 1.64. The van der Waals surface area contributed by atoms with Crippen molar-refractivity contribution in [2.45, 2.75) is 13.3 Å². The molecule has 4 aromatic rings. The highest BCUT2D eigenvalue weighted by atomic mass is 19.1. The summed E-state index contributed by atoms with van der Waals surface area (Å²) in [6.45, 7) is 2.11. The molecule has 3 aromatic carbocycles. The lowest BCUT2D eigenvalue weighted by atomic mass is 10.0. The molecule has 0 saturated heterocycles. The Morgan fingerprint density at radius 2 is 1.58 bits per heavy atom. The molecular weight excluding hydrogens is 327 g/mol. The maximum atomic E-state index is 14.5. The van der Waals surface area contributed by atoms with Crippen molar-refractivity contribution in [3.8, 4) is 34.0 Å². The van der Waals surface area contributed by atoms with Crippen LogP contribution in [0.15, 0.2) is 77.3 Å². The normalized spacial score (nSPS) is 10.8. The number of halogens is 1. The number of aromatic nitrogens is 2. The zero-order valence-electron chi connectivity index (χ0n) is 14.3. The van der Waals surface area contributed by atoms with Gasteiger partial charge < -0.3 is 4.52 Å². The Kier molecular flexibility index (Phi) is 4.32. The Morgan fingerprint density at radius 3 is 2.27 bits per heavy atom. The van der Waals surface area contributed by atoms with Crippen LogP contribution < -0.4 is 0 Å². The van der Waals surface area contributed by atoms with E-state index in [0.29, 0.717) is 22.8 Å². The van der Waals surface area contributed by atoms with Crippen molar-refractivity contribution in [3.63, 3.8) is 0 Å². The van der Waals surface area contributed by atoms with E-state index >= 15 is 0 Å². The molecule has 0 aliphatic carbocycles. The third kappa shape index (κ3) is 3.14. The highest BCUT2D eigenvalue weighted by Crippen LogP contribution is 2.28. The summed E-state index contributed by atoms with van der Waals surface area (Å²) in [6, 6.07) is 22.4. The molecule has 3 nitrogen and oxygen atoms in total. The average molecular weight is 344 g/mol.